The standard InChI is InChI=1S/C19H21N3O2/c1-2-3-4-5-6-18(23)21-15-7-8-16-17(13-15)24-19(22-16)14-9-11-20-12-10-14/h7-13H,2-6H2,1H3,(H,21,23). The monoisotopic (exact) mass is 323 g/mol. The van der Waals surface area contributed by atoms with Gasteiger partial charge in [0.25, 0.3) is 0 Å². The lowest BCUT2D eigenvalue weighted by Crippen LogP contribution is -2.10. The molecule has 1 amide bonds. The Bertz CT molecular complexity index is 812. The number of nitrogens with zero attached hydrogens (tertiary/aromatic N) is 2. The number of amides is 1. The Morgan fingerprint density at radius 3 is 2.75 bits per heavy atom. The zero-order valence-electron chi connectivity index (χ0n) is 13.8. The molecular formula is C19H21N3O2. The molecule has 0 atom stereocenters. The van der Waals surface area contributed by atoms with Gasteiger partial charge < -0.3 is 9.73 Å². The van der Waals surface area contributed by atoms with E-state index in [1.165, 1.54) is 12.8 Å². The number of pyridine rings is 1. The molecule has 0 saturated carbocycles. The fourth-order valence-electron chi connectivity index (χ4n) is 2.56. The molecule has 0 bridgehead atoms. The van der Waals surface area contributed by atoms with Crippen LogP contribution in [0.3, 0.4) is 0 Å². The molecule has 5 heteroatoms. The number of carbonyl (C=O) groups is 1. The van der Waals surface area contributed by atoms with Crippen molar-refractivity contribution >= 4 is 22.7 Å². The van der Waals surface area contributed by atoms with Crippen LogP contribution in [0.2, 0.25) is 0 Å². The molecule has 0 aliphatic rings. The number of fused-ring (bicyclic) bond motifs is 1. The van der Waals surface area contributed by atoms with Gasteiger partial charge in [-0.25, -0.2) is 4.98 Å². The second kappa shape index (κ2) is 7.73. The Morgan fingerprint density at radius 1 is 1.12 bits per heavy atom. The van der Waals surface area contributed by atoms with E-state index in [0.717, 1.165) is 29.6 Å². The van der Waals surface area contributed by atoms with Crippen molar-refractivity contribution in [2.45, 2.75) is 39.0 Å². The van der Waals surface area contributed by atoms with Gasteiger partial charge in [-0.3, -0.25) is 9.78 Å². The Kier molecular flexibility index (Phi) is 5.21. The summed E-state index contributed by atoms with van der Waals surface area (Å²) in [5.74, 6) is 0.592. The van der Waals surface area contributed by atoms with Gasteiger partial charge in [-0.2, -0.15) is 0 Å². The number of benzene rings is 1. The van der Waals surface area contributed by atoms with Crippen LogP contribution < -0.4 is 5.32 Å². The lowest BCUT2D eigenvalue weighted by Gasteiger charge is -2.04. The lowest BCUT2D eigenvalue weighted by atomic mass is 10.1. The molecular weight excluding hydrogens is 302 g/mol. The van der Waals surface area contributed by atoms with Gasteiger partial charge in [0.2, 0.25) is 11.8 Å². The molecule has 0 aliphatic carbocycles. The van der Waals surface area contributed by atoms with E-state index in [-0.39, 0.29) is 5.91 Å². The SMILES string of the molecule is CCCCCCC(=O)Nc1ccc2nc(-c3ccncc3)oc2c1. The molecule has 0 fully saturated rings. The summed E-state index contributed by atoms with van der Waals surface area (Å²) >= 11 is 0. The van der Waals surface area contributed by atoms with Crippen molar-refractivity contribution in [1.82, 2.24) is 9.97 Å². The smallest absolute Gasteiger partial charge is 0.227 e. The highest BCUT2D eigenvalue weighted by atomic mass is 16.3. The number of unbranched alkanes of at least 4 members (excludes halogenated alkanes) is 3. The summed E-state index contributed by atoms with van der Waals surface area (Å²) in [7, 11) is 0. The van der Waals surface area contributed by atoms with Crippen molar-refractivity contribution in [3.05, 3.63) is 42.7 Å². The van der Waals surface area contributed by atoms with Crippen molar-refractivity contribution in [2.75, 3.05) is 5.32 Å². The second-order valence-electron chi connectivity index (χ2n) is 5.80. The third kappa shape index (κ3) is 3.98. The molecule has 124 valence electrons. The molecule has 0 radical (unpaired) electrons. The van der Waals surface area contributed by atoms with Crippen LogP contribution in [0.15, 0.2) is 47.1 Å². The largest absolute Gasteiger partial charge is 0.436 e. The van der Waals surface area contributed by atoms with Crippen molar-refractivity contribution < 1.29 is 9.21 Å². The Morgan fingerprint density at radius 2 is 1.96 bits per heavy atom. The summed E-state index contributed by atoms with van der Waals surface area (Å²) in [5.41, 5.74) is 3.04. The van der Waals surface area contributed by atoms with E-state index >= 15 is 0 Å². The molecule has 3 aromatic rings. The van der Waals surface area contributed by atoms with Crippen LogP contribution in [0, 0.1) is 0 Å². The highest BCUT2D eigenvalue weighted by Crippen LogP contribution is 2.26. The van der Waals surface area contributed by atoms with Gasteiger partial charge in [0, 0.05) is 36.1 Å². The van der Waals surface area contributed by atoms with Gasteiger partial charge in [-0.05, 0) is 30.7 Å². The van der Waals surface area contributed by atoms with E-state index in [0.29, 0.717) is 17.9 Å². The summed E-state index contributed by atoms with van der Waals surface area (Å²) in [6.07, 6.45) is 8.33. The van der Waals surface area contributed by atoms with E-state index in [9.17, 15) is 4.79 Å². The first-order valence-electron chi connectivity index (χ1n) is 8.37. The second-order valence-corrected chi connectivity index (χ2v) is 5.80. The minimum atomic E-state index is 0.0410. The van der Waals surface area contributed by atoms with Crippen LogP contribution in [-0.2, 0) is 4.79 Å². The highest BCUT2D eigenvalue weighted by Gasteiger charge is 2.09. The number of aromatic nitrogens is 2. The zero-order chi connectivity index (χ0) is 16.8. The Balaban J connectivity index is 1.69. The molecule has 2 heterocycles. The summed E-state index contributed by atoms with van der Waals surface area (Å²) in [6, 6.07) is 9.23. The molecule has 5 nitrogen and oxygen atoms in total. The summed E-state index contributed by atoms with van der Waals surface area (Å²) in [5, 5.41) is 2.92. The van der Waals surface area contributed by atoms with Crippen LogP contribution in [0.1, 0.15) is 39.0 Å². The number of oxazole rings is 1. The summed E-state index contributed by atoms with van der Waals surface area (Å²) in [4.78, 5) is 20.4. The normalized spacial score (nSPS) is 10.9. The van der Waals surface area contributed by atoms with E-state index in [4.69, 9.17) is 4.42 Å². The van der Waals surface area contributed by atoms with Crippen LogP contribution in [-0.4, -0.2) is 15.9 Å². The number of nitrogens with one attached hydrogen (secondary N) is 1. The molecule has 24 heavy (non-hydrogen) atoms. The van der Waals surface area contributed by atoms with Crippen molar-refractivity contribution in [1.29, 1.82) is 0 Å². The first-order valence-corrected chi connectivity index (χ1v) is 8.37. The molecule has 0 aliphatic heterocycles. The minimum Gasteiger partial charge on any atom is -0.436 e. The number of carbonyl (C=O) groups excluding carboxylic acids is 1. The first-order chi connectivity index (χ1) is 11.8. The van der Waals surface area contributed by atoms with Crippen molar-refractivity contribution in [3.63, 3.8) is 0 Å². The first kappa shape index (κ1) is 16.2. The van der Waals surface area contributed by atoms with Crippen LogP contribution >= 0.6 is 0 Å². The predicted molar refractivity (Wildman–Crippen MR) is 94.6 cm³/mol. The summed E-state index contributed by atoms with van der Waals surface area (Å²) < 4.78 is 5.80. The highest BCUT2D eigenvalue weighted by molar-refractivity contribution is 5.92. The minimum absolute atomic E-state index is 0.0410. The molecule has 0 saturated heterocycles. The Labute approximate surface area is 141 Å². The van der Waals surface area contributed by atoms with Gasteiger partial charge in [0.15, 0.2) is 5.58 Å². The van der Waals surface area contributed by atoms with E-state index < -0.39 is 0 Å². The number of hydrogen-bond donors (Lipinski definition) is 1. The molecule has 3 rings (SSSR count). The third-order valence-electron chi connectivity index (χ3n) is 3.86. The van der Waals surface area contributed by atoms with E-state index in [1.807, 2.05) is 30.3 Å². The van der Waals surface area contributed by atoms with E-state index in [2.05, 4.69) is 22.2 Å². The van der Waals surface area contributed by atoms with Gasteiger partial charge in [-0.1, -0.05) is 26.2 Å². The zero-order valence-corrected chi connectivity index (χ0v) is 13.8. The maximum Gasteiger partial charge on any atom is 0.227 e. The molecule has 1 aromatic carbocycles. The topological polar surface area (TPSA) is 68.0 Å². The quantitative estimate of drug-likeness (QED) is 0.634. The maximum absolute atomic E-state index is 12.0. The molecule has 2 aromatic heterocycles. The average molecular weight is 323 g/mol. The number of hydrogen-bond acceptors (Lipinski definition) is 4. The maximum atomic E-state index is 12.0. The Hall–Kier alpha value is -2.69. The molecule has 0 spiro atoms. The molecule has 0 unspecified atom stereocenters. The fraction of sp³-hybridized carbons (Fsp3) is 0.316. The fourth-order valence-corrected chi connectivity index (χ4v) is 2.56. The molecule has 1 N–H and O–H groups in total. The number of rotatable bonds is 7. The van der Waals surface area contributed by atoms with Crippen LogP contribution in [0.4, 0.5) is 5.69 Å². The average Bonchev–Trinajstić information content (AvgIpc) is 3.03. The van der Waals surface area contributed by atoms with Gasteiger partial charge in [0.05, 0.1) is 0 Å². The van der Waals surface area contributed by atoms with E-state index in [1.54, 1.807) is 12.4 Å². The summed E-state index contributed by atoms with van der Waals surface area (Å²) in [6.45, 7) is 2.16. The predicted octanol–water partition coefficient (Wildman–Crippen LogP) is 4.80. The third-order valence-corrected chi connectivity index (χ3v) is 3.86. The van der Waals surface area contributed by atoms with Crippen molar-refractivity contribution in [2.24, 2.45) is 0 Å². The van der Waals surface area contributed by atoms with Gasteiger partial charge in [-0.15, -0.1) is 0 Å². The van der Waals surface area contributed by atoms with Gasteiger partial charge >= 0.3 is 0 Å². The van der Waals surface area contributed by atoms with Gasteiger partial charge in [0.1, 0.15) is 5.52 Å². The van der Waals surface area contributed by atoms with Crippen LogP contribution in [0.25, 0.3) is 22.6 Å². The lowest BCUT2D eigenvalue weighted by molar-refractivity contribution is -0.116. The number of anilines is 1. The van der Waals surface area contributed by atoms with Crippen molar-refractivity contribution in [3.8, 4) is 11.5 Å². The van der Waals surface area contributed by atoms with Crippen LogP contribution in [0.5, 0.6) is 0 Å².